The normalized spacial score (nSPS) is 12.5. The van der Waals surface area contributed by atoms with Gasteiger partial charge in [0.2, 0.25) is 0 Å². The summed E-state index contributed by atoms with van der Waals surface area (Å²) >= 11 is 0. The van der Waals surface area contributed by atoms with Gasteiger partial charge in [-0.3, -0.25) is 4.79 Å². The first kappa shape index (κ1) is 13.5. The van der Waals surface area contributed by atoms with Gasteiger partial charge in [0, 0.05) is 6.54 Å². The molecule has 0 saturated carbocycles. The fourth-order valence-electron chi connectivity index (χ4n) is 1.80. The molecule has 0 saturated heterocycles. The first-order chi connectivity index (χ1) is 8.01. The fraction of sp³-hybridized carbons (Fsp3) is 0.462. The van der Waals surface area contributed by atoms with E-state index in [0.29, 0.717) is 0 Å². The van der Waals surface area contributed by atoms with E-state index in [-0.39, 0.29) is 12.5 Å². The zero-order chi connectivity index (χ0) is 13.0. The van der Waals surface area contributed by atoms with E-state index in [2.05, 4.69) is 0 Å². The zero-order valence-corrected chi connectivity index (χ0v) is 10.4. The predicted octanol–water partition coefficient (Wildman–Crippen LogP) is 1.95. The number of carbonyl (C=O) groups is 1. The maximum atomic E-state index is 11.1. The highest BCUT2D eigenvalue weighted by Crippen LogP contribution is 2.29. The second-order valence-corrected chi connectivity index (χ2v) is 4.28. The lowest BCUT2D eigenvalue weighted by molar-refractivity contribution is -0.138. The van der Waals surface area contributed by atoms with Crippen molar-refractivity contribution in [3.63, 3.8) is 0 Å². The van der Waals surface area contributed by atoms with E-state index in [9.17, 15) is 4.79 Å². The molecule has 0 aromatic heterocycles. The molecule has 0 aliphatic rings. The van der Waals surface area contributed by atoms with Crippen LogP contribution in [0.1, 0.15) is 36.8 Å². The number of rotatable bonds is 5. The minimum Gasteiger partial charge on any atom is -0.496 e. The summed E-state index contributed by atoms with van der Waals surface area (Å²) in [6.45, 7) is 4.18. The molecular weight excluding hydrogens is 218 g/mol. The van der Waals surface area contributed by atoms with Crippen LogP contribution in [0.5, 0.6) is 5.75 Å². The molecule has 3 N–H and O–H groups in total. The topological polar surface area (TPSA) is 72.5 Å². The van der Waals surface area contributed by atoms with Crippen molar-refractivity contribution in [2.75, 3.05) is 13.7 Å². The number of methoxy groups -OCH3 is 1. The first-order valence-corrected chi connectivity index (χ1v) is 5.62. The van der Waals surface area contributed by atoms with E-state index in [4.69, 9.17) is 15.6 Å². The molecule has 1 aromatic carbocycles. The minimum absolute atomic E-state index is 0.0964. The summed E-state index contributed by atoms with van der Waals surface area (Å²) in [5.41, 5.74) is 7.22. The SMILES string of the molecule is COc1ccc(C(CN)C(=O)O)cc1C(C)C. The number of nitrogens with two attached hydrogens (primary N) is 1. The lowest BCUT2D eigenvalue weighted by Crippen LogP contribution is -2.21. The van der Waals surface area contributed by atoms with Crippen LogP contribution in [-0.4, -0.2) is 24.7 Å². The molecule has 1 atom stereocenters. The minimum atomic E-state index is -0.896. The molecule has 0 aliphatic carbocycles. The number of benzene rings is 1. The largest absolute Gasteiger partial charge is 0.496 e. The Morgan fingerprint density at radius 3 is 2.53 bits per heavy atom. The van der Waals surface area contributed by atoms with Crippen LogP contribution >= 0.6 is 0 Å². The van der Waals surface area contributed by atoms with Crippen LogP contribution in [0.15, 0.2) is 18.2 Å². The molecule has 4 heteroatoms. The van der Waals surface area contributed by atoms with Crippen LogP contribution in [0.3, 0.4) is 0 Å². The Morgan fingerprint density at radius 2 is 2.12 bits per heavy atom. The zero-order valence-electron chi connectivity index (χ0n) is 10.4. The maximum Gasteiger partial charge on any atom is 0.312 e. The third-order valence-electron chi connectivity index (χ3n) is 2.81. The van der Waals surface area contributed by atoms with Crippen LogP contribution < -0.4 is 10.5 Å². The average molecular weight is 237 g/mol. The van der Waals surface area contributed by atoms with Crippen molar-refractivity contribution in [3.05, 3.63) is 29.3 Å². The summed E-state index contributed by atoms with van der Waals surface area (Å²) in [5, 5.41) is 9.07. The lowest BCUT2D eigenvalue weighted by atomic mass is 9.93. The van der Waals surface area contributed by atoms with E-state index in [0.717, 1.165) is 16.9 Å². The molecular formula is C13H19NO3. The molecule has 17 heavy (non-hydrogen) atoms. The van der Waals surface area contributed by atoms with Gasteiger partial charge in [0.25, 0.3) is 0 Å². The van der Waals surface area contributed by atoms with Gasteiger partial charge in [-0.2, -0.15) is 0 Å². The highest BCUT2D eigenvalue weighted by molar-refractivity contribution is 5.76. The number of hydrogen-bond donors (Lipinski definition) is 2. The van der Waals surface area contributed by atoms with Crippen molar-refractivity contribution in [1.29, 1.82) is 0 Å². The monoisotopic (exact) mass is 237 g/mol. The third kappa shape index (κ3) is 2.97. The van der Waals surface area contributed by atoms with E-state index in [1.807, 2.05) is 19.9 Å². The van der Waals surface area contributed by atoms with Crippen molar-refractivity contribution in [2.24, 2.45) is 5.73 Å². The molecule has 94 valence electrons. The number of carboxylic acids is 1. The van der Waals surface area contributed by atoms with Crippen LogP contribution in [0.25, 0.3) is 0 Å². The molecule has 0 radical (unpaired) electrons. The number of ether oxygens (including phenoxy) is 1. The van der Waals surface area contributed by atoms with Crippen molar-refractivity contribution < 1.29 is 14.6 Å². The van der Waals surface area contributed by atoms with E-state index < -0.39 is 11.9 Å². The summed E-state index contributed by atoms with van der Waals surface area (Å²) in [6.07, 6.45) is 0. The Kier molecular flexibility index (Phi) is 4.52. The van der Waals surface area contributed by atoms with E-state index in [1.165, 1.54) is 0 Å². The summed E-state index contributed by atoms with van der Waals surface area (Å²) in [7, 11) is 1.61. The van der Waals surface area contributed by atoms with Gasteiger partial charge in [-0.15, -0.1) is 0 Å². The molecule has 0 heterocycles. The molecule has 0 aliphatic heterocycles. The summed E-state index contributed by atoms with van der Waals surface area (Å²) < 4.78 is 5.26. The number of hydrogen-bond acceptors (Lipinski definition) is 3. The third-order valence-corrected chi connectivity index (χ3v) is 2.81. The molecule has 0 bridgehead atoms. The molecule has 1 aromatic rings. The smallest absolute Gasteiger partial charge is 0.312 e. The van der Waals surface area contributed by atoms with E-state index >= 15 is 0 Å². The molecule has 0 amide bonds. The van der Waals surface area contributed by atoms with Crippen molar-refractivity contribution >= 4 is 5.97 Å². The van der Waals surface area contributed by atoms with Crippen molar-refractivity contribution in [3.8, 4) is 5.75 Å². The van der Waals surface area contributed by atoms with Gasteiger partial charge in [0.05, 0.1) is 13.0 Å². The van der Waals surface area contributed by atoms with Crippen LogP contribution in [-0.2, 0) is 4.79 Å². The second kappa shape index (κ2) is 5.68. The standard InChI is InChI=1S/C13H19NO3/c1-8(2)10-6-9(4-5-12(10)17-3)11(7-14)13(15)16/h4-6,8,11H,7,14H2,1-3H3,(H,15,16). The number of carboxylic acid groups (broad SMARTS) is 1. The predicted molar refractivity (Wildman–Crippen MR) is 66.5 cm³/mol. The van der Waals surface area contributed by atoms with Gasteiger partial charge >= 0.3 is 5.97 Å². The van der Waals surface area contributed by atoms with Crippen molar-refractivity contribution in [2.45, 2.75) is 25.7 Å². The molecule has 0 spiro atoms. The quantitative estimate of drug-likeness (QED) is 0.821. The fourth-order valence-corrected chi connectivity index (χ4v) is 1.80. The molecule has 1 unspecified atom stereocenters. The molecule has 0 fully saturated rings. The lowest BCUT2D eigenvalue weighted by Gasteiger charge is -2.16. The number of aliphatic carboxylic acids is 1. The average Bonchev–Trinajstić information content (AvgIpc) is 2.29. The Balaban J connectivity index is 3.19. The Hall–Kier alpha value is -1.55. The van der Waals surface area contributed by atoms with Gasteiger partial charge in [0.1, 0.15) is 5.75 Å². The Morgan fingerprint density at radius 1 is 1.47 bits per heavy atom. The van der Waals surface area contributed by atoms with Crippen molar-refractivity contribution in [1.82, 2.24) is 0 Å². The Bertz CT molecular complexity index is 402. The second-order valence-electron chi connectivity index (χ2n) is 4.28. The molecule has 1 rings (SSSR count). The van der Waals surface area contributed by atoms with Gasteiger partial charge in [-0.1, -0.05) is 26.0 Å². The first-order valence-electron chi connectivity index (χ1n) is 5.62. The van der Waals surface area contributed by atoms with Crippen LogP contribution in [0, 0.1) is 0 Å². The maximum absolute atomic E-state index is 11.1. The summed E-state index contributed by atoms with van der Waals surface area (Å²) in [4.78, 5) is 11.1. The van der Waals surface area contributed by atoms with Gasteiger partial charge in [0.15, 0.2) is 0 Å². The van der Waals surface area contributed by atoms with E-state index in [1.54, 1.807) is 19.2 Å². The molecule has 4 nitrogen and oxygen atoms in total. The highest BCUT2D eigenvalue weighted by Gasteiger charge is 2.19. The van der Waals surface area contributed by atoms with Crippen LogP contribution in [0.2, 0.25) is 0 Å². The summed E-state index contributed by atoms with van der Waals surface area (Å²) in [5.74, 6) is -0.493. The summed E-state index contributed by atoms with van der Waals surface area (Å²) in [6, 6.07) is 5.43. The Labute approximate surface area is 101 Å². The van der Waals surface area contributed by atoms with Gasteiger partial charge < -0.3 is 15.6 Å². The highest BCUT2D eigenvalue weighted by atomic mass is 16.5. The van der Waals surface area contributed by atoms with Gasteiger partial charge in [-0.05, 0) is 23.1 Å². The van der Waals surface area contributed by atoms with Crippen LogP contribution in [0.4, 0.5) is 0 Å². The van der Waals surface area contributed by atoms with Gasteiger partial charge in [-0.25, -0.2) is 0 Å².